The van der Waals surface area contributed by atoms with Gasteiger partial charge in [0.1, 0.15) is 11.6 Å². The van der Waals surface area contributed by atoms with Crippen LogP contribution in [0.4, 0.5) is 8.78 Å². The van der Waals surface area contributed by atoms with Crippen LogP contribution in [0.25, 0.3) is 0 Å². The van der Waals surface area contributed by atoms with Crippen LogP contribution in [0, 0.1) is 23.5 Å². The fourth-order valence-corrected chi connectivity index (χ4v) is 1.00. The Kier molecular flexibility index (Phi) is 3.64. The van der Waals surface area contributed by atoms with Gasteiger partial charge in [0, 0.05) is 0 Å². The molecule has 0 atom stereocenters. The number of carboxylic acid groups (broad SMARTS) is 1. The van der Waals surface area contributed by atoms with Crippen molar-refractivity contribution >= 4 is 17.6 Å². The first-order valence-corrected chi connectivity index (χ1v) is 4.37. The zero-order valence-electron chi connectivity index (χ0n) is 7.35. The maximum atomic E-state index is 13.1. The van der Waals surface area contributed by atoms with E-state index >= 15 is 0 Å². The van der Waals surface area contributed by atoms with E-state index in [0.717, 1.165) is 0 Å². The van der Waals surface area contributed by atoms with Crippen LogP contribution in [0.3, 0.4) is 0 Å². The highest BCUT2D eigenvalue weighted by atomic mass is 35.5. The van der Waals surface area contributed by atoms with Gasteiger partial charge in [-0.3, -0.25) is 0 Å². The highest BCUT2D eigenvalue weighted by molar-refractivity contribution is 6.19. The summed E-state index contributed by atoms with van der Waals surface area (Å²) < 4.78 is 26.3. The monoisotopic (exact) mass is 230 g/mol. The molecule has 5 heteroatoms. The maximum absolute atomic E-state index is 13.1. The van der Waals surface area contributed by atoms with Crippen molar-refractivity contribution in [3.63, 3.8) is 0 Å². The zero-order chi connectivity index (χ0) is 11.4. The molecule has 1 aromatic carbocycles. The second-order valence-electron chi connectivity index (χ2n) is 2.56. The Hall–Kier alpha value is -1.60. The van der Waals surface area contributed by atoms with Crippen molar-refractivity contribution in [2.45, 2.75) is 0 Å². The van der Waals surface area contributed by atoms with Crippen LogP contribution in [-0.4, -0.2) is 17.0 Å². The van der Waals surface area contributed by atoms with Gasteiger partial charge in [-0.05, 0) is 12.1 Å². The maximum Gasteiger partial charge on any atom is 0.335 e. The third-order valence-electron chi connectivity index (χ3n) is 1.57. The molecule has 0 aliphatic carbocycles. The van der Waals surface area contributed by atoms with E-state index in [2.05, 4.69) is 11.8 Å². The van der Waals surface area contributed by atoms with E-state index in [9.17, 15) is 13.6 Å². The van der Waals surface area contributed by atoms with Crippen LogP contribution in [0.5, 0.6) is 0 Å². The lowest BCUT2D eigenvalue weighted by Crippen LogP contribution is -2.01. The SMILES string of the molecule is O=C(O)c1cc(F)c(C#CCCl)c(F)c1. The number of carboxylic acids is 1. The molecule has 0 spiro atoms. The average molecular weight is 231 g/mol. The first-order valence-electron chi connectivity index (χ1n) is 3.83. The van der Waals surface area contributed by atoms with Crippen molar-refractivity contribution in [3.8, 4) is 11.8 Å². The molecule has 78 valence electrons. The molecule has 0 saturated carbocycles. The van der Waals surface area contributed by atoms with Crippen LogP contribution in [-0.2, 0) is 0 Å². The molecule has 0 saturated heterocycles. The third-order valence-corrected chi connectivity index (χ3v) is 1.70. The Bertz CT molecular complexity index is 437. The lowest BCUT2D eigenvalue weighted by molar-refractivity contribution is 0.0695. The minimum atomic E-state index is -1.40. The van der Waals surface area contributed by atoms with E-state index in [1.54, 1.807) is 0 Å². The van der Waals surface area contributed by atoms with Gasteiger partial charge in [-0.1, -0.05) is 11.8 Å². The molecule has 1 rings (SSSR count). The van der Waals surface area contributed by atoms with Crippen LogP contribution < -0.4 is 0 Å². The predicted molar refractivity (Wildman–Crippen MR) is 50.9 cm³/mol. The summed E-state index contributed by atoms with van der Waals surface area (Å²) in [6.45, 7) is 0. The Morgan fingerprint density at radius 3 is 2.33 bits per heavy atom. The van der Waals surface area contributed by atoms with Crippen molar-refractivity contribution in [1.29, 1.82) is 0 Å². The Balaban J connectivity index is 3.27. The minimum Gasteiger partial charge on any atom is -0.478 e. The molecule has 0 fully saturated rings. The lowest BCUT2D eigenvalue weighted by atomic mass is 10.1. The summed E-state index contributed by atoms with van der Waals surface area (Å²) in [6.07, 6.45) is 0. The van der Waals surface area contributed by atoms with Crippen molar-refractivity contribution in [3.05, 3.63) is 34.9 Å². The van der Waals surface area contributed by atoms with Gasteiger partial charge < -0.3 is 5.11 Å². The Labute approximate surface area is 89.5 Å². The molecule has 0 bridgehead atoms. The van der Waals surface area contributed by atoms with E-state index in [1.165, 1.54) is 0 Å². The molecule has 0 aliphatic rings. The minimum absolute atomic E-state index is 0.0560. The van der Waals surface area contributed by atoms with Gasteiger partial charge in [0.2, 0.25) is 0 Å². The smallest absolute Gasteiger partial charge is 0.335 e. The number of hydrogen-bond acceptors (Lipinski definition) is 1. The number of alkyl halides is 1. The van der Waals surface area contributed by atoms with Crippen molar-refractivity contribution in [2.75, 3.05) is 5.88 Å². The molecule has 2 nitrogen and oxygen atoms in total. The number of carbonyl (C=O) groups is 1. The van der Waals surface area contributed by atoms with Gasteiger partial charge in [0.25, 0.3) is 0 Å². The quantitative estimate of drug-likeness (QED) is 0.594. The summed E-state index contributed by atoms with van der Waals surface area (Å²) in [6, 6.07) is 1.42. The zero-order valence-corrected chi connectivity index (χ0v) is 8.11. The van der Waals surface area contributed by atoms with Gasteiger partial charge in [-0.15, -0.1) is 11.6 Å². The number of benzene rings is 1. The highest BCUT2D eigenvalue weighted by Crippen LogP contribution is 2.14. The fraction of sp³-hybridized carbons (Fsp3) is 0.100. The number of rotatable bonds is 1. The first kappa shape index (κ1) is 11.5. The van der Waals surface area contributed by atoms with Crippen molar-refractivity contribution in [1.82, 2.24) is 0 Å². The number of halogens is 3. The van der Waals surface area contributed by atoms with E-state index < -0.39 is 28.7 Å². The van der Waals surface area contributed by atoms with Gasteiger partial charge >= 0.3 is 5.97 Å². The predicted octanol–water partition coefficient (Wildman–Crippen LogP) is 2.25. The normalized spacial score (nSPS) is 9.27. The third kappa shape index (κ3) is 2.67. The van der Waals surface area contributed by atoms with E-state index in [1.807, 2.05) is 0 Å². The van der Waals surface area contributed by atoms with Gasteiger partial charge in [-0.2, -0.15) is 0 Å². The Morgan fingerprint density at radius 1 is 1.40 bits per heavy atom. The largest absolute Gasteiger partial charge is 0.478 e. The van der Waals surface area contributed by atoms with E-state index in [-0.39, 0.29) is 5.88 Å². The lowest BCUT2D eigenvalue weighted by Gasteiger charge is -1.99. The first-order chi connectivity index (χ1) is 7.06. The molecule has 15 heavy (non-hydrogen) atoms. The molecule has 0 unspecified atom stereocenters. The van der Waals surface area contributed by atoms with E-state index in [4.69, 9.17) is 16.7 Å². The van der Waals surface area contributed by atoms with Gasteiger partial charge in [0.05, 0.1) is 17.0 Å². The molecule has 0 heterocycles. The summed E-state index contributed by atoms with van der Waals surface area (Å²) in [7, 11) is 0. The summed E-state index contributed by atoms with van der Waals surface area (Å²) in [4.78, 5) is 10.4. The summed E-state index contributed by atoms with van der Waals surface area (Å²) in [5.74, 6) is 0.982. The second-order valence-corrected chi connectivity index (χ2v) is 2.82. The van der Waals surface area contributed by atoms with E-state index in [0.29, 0.717) is 12.1 Å². The fourth-order valence-electron chi connectivity index (χ4n) is 0.938. The van der Waals surface area contributed by atoms with Gasteiger partial charge in [-0.25, -0.2) is 13.6 Å². The van der Waals surface area contributed by atoms with Crippen LogP contribution in [0.1, 0.15) is 15.9 Å². The van der Waals surface area contributed by atoms with Crippen LogP contribution >= 0.6 is 11.6 Å². The van der Waals surface area contributed by atoms with Crippen molar-refractivity contribution < 1.29 is 18.7 Å². The molecule has 1 aromatic rings. The summed E-state index contributed by atoms with van der Waals surface area (Å²) in [5, 5.41) is 8.51. The number of hydrogen-bond donors (Lipinski definition) is 1. The van der Waals surface area contributed by atoms with Crippen molar-refractivity contribution in [2.24, 2.45) is 0 Å². The summed E-state index contributed by atoms with van der Waals surface area (Å²) in [5.41, 5.74) is -0.929. The molecular formula is C10H5ClF2O2. The topological polar surface area (TPSA) is 37.3 Å². The number of aromatic carboxylic acids is 1. The van der Waals surface area contributed by atoms with Crippen LogP contribution in [0.2, 0.25) is 0 Å². The molecular weight excluding hydrogens is 226 g/mol. The van der Waals surface area contributed by atoms with Crippen LogP contribution in [0.15, 0.2) is 12.1 Å². The molecule has 0 aliphatic heterocycles. The van der Waals surface area contributed by atoms with Gasteiger partial charge in [0.15, 0.2) is 0 Å². The summed E-state index contributed by atoms with van der Waals surface area (Å²) >= 11 is 5.23. The molecule has 0 radical (unpaired) electrons. The Morgan fingerprint density at radius 2 is 1.93 bits per heavy atom. The average Bonchev–Trinajstić information content (AvgIpc) is 2.16. The highest BCUT2D eigenvalue weighted by Gasteiger charge is 2.12. The molecule has 1 N–H and O–H groups in total. The standard InChI is InChI=1S/C10H5ClF2O2/c11-3-1-2-7-8(12)4-6(10(14)15)5-9(7)13/h4-5H,3H2,(H,14,15). The molecule has 0 aromatic heterocycles. The second kappa shape index (κ2) is 4.76. The molecule has 0 amide bonds.